The van der Waals surface area contributed by atoms with E-state index in [-0.39, 0.29) is 0 Å². The molecule has 0 saturated carbocycles. The summed E-state index contributed by atoms with van der Waals surface area (Å²) in [5.41, 5.74) is 0.704. The minimum absolute atomic E-state index is 0.305. The number of hydrogen-bond donors (Lipinski definition) is 0. The lowest BCUT2D eigenvalue weighted by atomic mass is 10.2. The van der Waals surface area contributed by atoms with Gasteiger partial charge in [-0.25, -0.2) is 4.98 Å². The van der Waals surface area contributed by atoms with Crippen molar-refractivity contribution < 1.29 is 8.42 Å². The molecule has 0 bridgehead atoms. The second kappa shape index (κ2) is 4.27. The molecule has 0 aliphatic heterocycles. The Morgan fingerprint density at radius 3 is 2.41 bits per heavy atom. The monoisotopic (exact) mass is 252 g/mol. The van der Waals surface area contributed by atoms with Crippen LogP contribution >= 0.6 is 0 Å². The highest BCUT2D eigenvalue weighted by Gasteiger charge is 2.22. The lowest BCUT2D eigenvalue weighted by Gasteiger charge is -2.12. The summed E-state index contributed by atoms with van der Waals surface area (Å²) in [6.45, 7) is 0. The molecule has 7 heteroatoms. The Bertz CT molecular complexity index is 604. The zero-order chi connectivity index (χ0) is 12.5. The molecule has 0 N–H and O–H groups in total. The van der Waals surface area contributed by atoms with E-state index in [0.717, 1.165) is 8.39 Å². The largest absolute Gasteiger partial charge is 0.324 e. The van der Waals surface area contributed by atoms with Crippen LogP contribution in [0, 0.1) is 0 Å². The fourth-order valence-corrected chi connectivity index (χ4v) is 2.17. The zero-order valence-corrected chi connectivity index (χ0v) is 10.3. The molecular formula is C10H12N4O2S. The minimum atomic E-state index is -3.64. The van der Waals surface area contributed by atoms with E-state index >= 15 is 0 Å². The number of hydrogen-bond acceptors (Lipinski definition) is 4. The van der Waals surface area contributed by atoms with Gasteiger partial charge in [0.15, 0.2) is 5.82 Å². The van der Waals surface area contributed by atoms with Crippen LogP contribution in [0.5, 0.6) is 0 Å². The van der Waals surface area contributed by atoms with E-state index in [2.05, 4.69) is 10.1 Å². The highest BCUT2D eigenvalue weighted by molar-refractivity contribution is 7.87. The minimum Gasteiger partial charge on any atom is -0.214 e. The highest BCUT2D eigenvalue weighted by atomic mass is 32.2. The van der Waals surface area contributed by atoms with E-state index in [0.29, 0.717) is 11.4 Å². The van der Waals surface area contributed by atoms with Crippen LogP contribution in [-0.2, 0) is 10.2 Å². The van der Waals surface area contributed by atoms with Crippen molar-refractivity contribution in [2.45, 2.75) is 0 Å². The van der Waals surface area contributed by atoms with Crippen molar-refractivity contribution in [3.05, 3.63) is 36.7 Å². The third-order valence-electron chi connectivity index (χ3n) is 2.23. The van der Waals surface area contributed by atoms with Crippen molar-refractivity contribution in [3.8, 4) is 11.4 Å². The van der Waals surface area contributed by atoms with Gasteiger partial charge in [0.05, 0.1) is 0 Å². The van der Waals surface area contributed by atoms with Gasteiger partial charge in [-0.2, -0.15) is 12.7 Å². The maximum atomic E-state index is 12.0. The second-order valence-corrected chi connectivity index (χ2v) is 5.55. The third-order valence-corrected chi connectivity index (χ3v) is 3.86. The molecule has 0 aliphatic rings. The molecule has 0 spiro atoms. The normalized spacial score (nSPS) is 11.9. The number of rotatable bonds is 3. The summed E-state index contributed by atoms with van der Waals surface area (Å²) in [6.07, 6.45) is 1.23. The van der Waals surface area contributed by atoms with Crippen LogP contribution in [0.25, 0.3) is 11.4 Å². The zero-order valence-electron chi connectivity index (χ0n) is 9.48. The van der Waals surface area contributed by atoms with Crippen molar-refractivity contribution in [1.29, 1.82) is 0 Å². The van der Waals surface area contributed by atoms with Gasteiger partial charge in [0.1, 0.15) is 6.33 Å². The Balaban J connectivity index is 2.58. The maximum absolute atomic E-state index is 12.0. The topological polar surface area (TPSA) is 68.1 Å². The van der Waals surface area contributed by atoms with Crippen LogP contribution in [-0.4, -0.2) is 41.0 Å². The van der Waals surface area contributed by atoms with E-state index in [4.69, 9.17) is 0 Å². The van der Waals surface area contributed by atoms with Crippen molar-refractivity contribution in [3.63, 3.8) is 0 Å². The second-order valence-electron chi connectivity index (χ2n) is 3.58. The average Bonchev–Trinajstić information content (AvgIpc) is 2.79. The van der Waals surface area contributed by atoms with E-state index in [1.807, 2.05) is 18.2 Å². The summed E-state index contributed by atoms with van der Waals surface area (Å²) < 4.78 is 26.0. The van der Waals surface area contributed by atoms with Crippen molar-refractivity contribution >= 4 is 10.2 Å². The predicted molar refractivity (Wildman–Crippen MR) is 63.5 cm³/mol. The van der Waals surface area contributed by atoms with Gasteiger partial charge in [0.25, 0.3) is 0 Å². The molecule has 0 radical (unpaired) electrons. The van der Waals surface area contributed by atoms with Gasteiger partial charge in [-0.1, -0.05) is 30.3 Å². The number of aromatic nitrogens is 3. The van der Waals surface area contributed by atoms with Gasteiger partial charge in [-0.05, 0) is 0 Å². The molecule has 90 valence electrons. The molecule has 0 unspecified atom stereocenters. The molecule has 0 fully saturated rings. The number of benzene rings is 1. The molecule has 1 heterocycles. The van der Waals surface area contributed by atoms with Crippen LogP contribution in [0.3, 0.4) is 0 Å². The van der Waals surface area contributed by atoms with Crippen molar-refractivity contribution in [1.82, 2.24) is 18.5 Å². The first-order valence-electron chi connectivity index (χ1n) is 4.92. The first-order chi connectivity index (χ1) is 8.03. The van der Waals surface area contributed by atoms with Gasteiger partial charge < -0.3 is 0 Å². The van der Waals surface area contributed by atoms with E-state index in [1.165, 1.54) is 20.4 Å². The Kier molecular flexibility index (Phi) is 2.95. The highest BCUT2D eigenvalue weighted by Crippen LogP contribution is 2.17. The van der Waals surface area contributed by atoms with Crippen LogP contribution < -0.4 is 0 Å². The molecule has 6 nitrogen and oxygen atoms in total. The van der Waals surface area contributed by atoms with Crippen LogP contribution in [0.1, 0.15) is 0 Å². The first kappa shape index (κ1) is 11.7. The Morgan fingerprint density at radius 1 is 1.18 bits per heavy atom. The molecule has 1 aromatic carbocycles. The predicted octanol–water partition coefficient (Wildman–Crippen LogP) is 0.600. The molecule has 1 aromatic heterocycles. The van der Waals surface area contributed by atoms with Gasteiger partial charge in [-0.15, -0.1) is 9.19 Å². The van der Waals surface area contributed by atoms with E-state index in [1.54, 1.807) is 12.1 Å². The SMILES string of the molecule is CN(C)S(=O)(=O)n1ncnc1-c1ccccc1. The quantitative estimate of drug-likeness (QED) is 0.802. The fraction of sp³-hybridized carbons (Fsp3) is 0.200. The van der Waals surface area contributed by atoms with Gasteiger partial charge in [0.2, 0.25) is 0 Å². The average molecular weight is 252 g/mol. The molecule has 0 saturated heterocycles. The van der Waals surface area contributed by atoms with E-state index in [9.17, 15) is 8.42 Å². The lowest BCUT2D eigenvalue weighted by Crippen LogP contribution is -2.30. The summed E-state index contributed by atoms with van der Waals surface area (Å²) in [7, 11) is -0.736. The van der Waals surface area contributed by atoms with Crippen LogP contribution in [0.15, 0.2) is 36.7 Å². The molecule has 0 aliphatic carbocycles. The third kappa shape index (κ3) is 2.06. The van der Waals surface area contributed by atoms with Gasteiger partial charge in [0, 0.05) is 19.7 Å². The first-order valence-corrected chi connectivity index (χ1v) is 6.31. The summed E-state index contributed by atoms with van der Waals surface area (Å²) >= 11 is 0. The van der Waals surface area contributed by atoms with Crippen molar-refractivity contribution in [2.75, 3.05) is 14.1 Å². The molecule has 0 atom stereocenters. The molecule has 2 aromatic rings. The molecular weight excluding hydrogens is 240 g/mol. The summed E-state index contributed by atoms with van der Waals surface area (Å²) in [6, 6.07) is 9.05. The summed E-state index contributed by atoms with van der Waals surface area (Å²) in [5, 5.41) is 3.76. The van der Waals surface area contributed by atoms with Crippen LogP contribution in [0.2, 0.25) is 0 Å². The van der Waals surface area contributed by atoms with Crippen molar-refractivity contribution in [2.24, 2.45) is 0 Å². The molecule has 17 heavy (non-hydrogen) atoms. The Labute approximate surface area is 99.7 Å². The van der Waals surface area contributed by atoms with E-state index < -0.39 is 10.2 Å². The summed E-state index contributed by atoms with van der Waals surface area (Å²) in [4.78, 5) is 3.98. The maximum Gasteiger partial charge on any atom is 0.324 e. The molecule has 0 amide bonds. The number of nitrogens with zero attached hydrogens (tertiary/aromatic N) is 4. The Hall–Kier alpha value is -1.73. The standard InChI is InChI=1S/C10H12N4O2S/c1-13(2)17(15,16)14-10(11-8-12-14)9-6-4-3-5-7-9/h3-8H,1-2H3. The fourth-order valence-electron chi connectivity index (χ4n) is 1.33. The smallest absolute Gasteiger partial charge is 0.214 e. The lowest BCUT2D eigenvalue weighted by molar-refractivity contribution is 0.504. The summed E-state index contributed by atoms with van der Waals surface area (Å²) in [5.74, 6) is 0.305. The molecule has 2 rings (SSSR count). The van der Waals surface area contributed by atoms with Crippen LogP contribution in [0.4, 0.5) is 0 Å². The Morgan fingerprint density at radius 2 is 1.82 bits per heavy atom. The van der Waals surface area contributed by atoms with Gasteiger partial charge in [-0.3, -0.25) is 0 Å². The van der Waals surface area contributed by atoms with Gasteiger partial charge >= 0.3 is 10.2 Å².